The molecule has 1 aromatic carbocycles. The van der Waals surface area contributed by atoms with Crippen molar-refractivity contribution in [2.75, 3.05) is 23.7 Å². The van der Waals surface area contributed by atoms with E-state index in [0.29, 0.717) is 11.7 Å². The fourth-order valence-corrected chi connectivity index (χ4v) is 4.23. The number of aromatic nitrogens is 3. The first kappa shape index (κ1) is 20.5. The summed E-state index contributed by atoms with van der Waals surface area (Å²) in [6.45, 7) is 4.30. The molecule has 1 aliphatic heterocycles. The fraction of sp³-hybridized carbons (Fsp3) is 0.381. The van der Waals surface area contributed by atoms with Crippen LogP contribution >= 0.6 is 11.8 Å². The first-order valence-electron chi connectivity index (χ1n) is 9.98. The number of anilines is 1. The van der Waals surface area contributed by atoms with Crippen molar-refractivity contribution in [2.45, 2.75) is 37.5 Å². The molecular weight excluding hydrogens is 405 g/mol. The molecule has 0 radical (unpaired) electrons. The van der Waals surface area contributed by atoms with Crippen LogP contribution in [0.5, 0.6) is 0 Å². The lowest BCUT2D eigenvalue weighted by Crippen LogP contribution is -2.28. The number of thioether (sulfide) groups is 1. The molecule has 1 aliphatic rings. The van der Waals surface area contributed by atoms with E-state index in [1.54, 1.807) is 18.4 Å². The van der Waals surface area contributed by atoms with Crippen LogP contribution in [0, 0.1) is 5.82 Å². The van der Waals surface area contributed by atoms with Crippen molar-refractivity contribution in [3.8, 4) is 0 Å². The van der Waals surface area contributed by atoms with Crippen LogP contribution in [0.25, 0.3) is 0 Å². The molecule has 0 aliphatic carbocycles. The molecule has 3 heterocycles. The molecule has 1 fully saturated rings. The van der Waals surface area contributed by atoms with Crippen molar-refractivity contribution in [1.29, 1.82) is 0 Å². The van der Waals surface area contributed by atoms with Gasteiger partial charge in [0.25, 0.3) is 0 Å². The Balaban J connectivity index is 1.42. The third-order valence-corrected chi connectivity index (χ3v) is 6.03. The molecule has 30 heavy (non-hydrogen) atoms. The van der Waals surface area contributed by atoms with Gasteiger partial charge in [-0.25, -0.2) is 4.39 Å². The Kier molecular flexibility index (Phi) is 6.37. The number of carbonyl (C=O) groups is 1. The molecule has 0 bridgehead atoms. The third kappa shape index (κ3) is 4.84. The van der Waals surface area contributed by atoms with Gasteiger partial charge < -0.3 is 14.6 Å². The number of rotatable bonds is 8. The lowest BCUT2D eigenvalue weighted by Gasteiger charge is -2.18. The largest absolute Gasteiger partial charge is 0.467 e. The van der Waals surface area contributed by atoms with Gasteiger partial charge in [-0.3, -0.25) is 9.36 Å². The van der Waals surface area contributed by atoms with Gasteiger partial charge >= 0.3 is 0 Å². The summed E-state index contributed by atoms with van der Waals surface area (Å²) in [5.74, 6) is 1.42. The van der Waals surface area contributed by atoms with Crippen LogP contribution in [0.3, 0.4) is 0 Å². The normalized spacial score (nSPS) is 14.8. The highest BCUT2D eigenvalue weighted by atomic mass is 32.2. The van der Waals surface area contributed by atoms with Crippen molar-refractivity contribution in [3.63, 3.8) is 0 Å². The fourth-order valence-electron chi connectivity index (χ4n) is 3.48. The molecule has 1 unspecified atom stereocenters. The zero-order valence-electron chi connectivity index (χ0n) is 16.8. The summed E-state index contributed by atoms with van der Waals surface area (Å²) >= 11 is 1.35. The Morgan fingerprint density at radius 3 is 2.70 bits per heavy atom. The van der Waals surface area contributed by atoms with Gasteiger partial charge in [-0.15, -0.1) is 10.2 Å². The van der Waals surface area contributed by atoms with Crippen molar-refractivity contribution in [3.05, 3.63) is 59.8 Å². The van der Waals surface area contributed by atoms with Crippen LogP contribution < -0.4 is 10.2 Å². The zero-order valence-corrected chi connectivity index (χ0v) is 17.6. The highest BCUT2D eigenvalue weighted by Crippen LogP contribution is 2.26. The summed E-state index contributed by atoms with van der Waals surface area (Å²) in [5.41, 5.74) is 0.854. The van der Waals surface area contributed by atoms with E-state index in [9.17, 15) is 9.18 Å². The quantitative estimate of drug-likeness (QED) is 0.551. The molecule has 0 saturated carbocycles. The lowest BCUT2D eigenvalue weighted by molar-refractivity contribution is -0.119. The van der Waals surface area contributed by atoms with E-state index in [4.69, 9.17) is 4.42 Å². The number of carbonyl (C=O) groups excluding carboxylic acids is 1. The highest BCUT2D eigenvalue weighted by molar-refractivity contribution is 7.99. The van der Waals surface area contributed by atoms with Crippen molar-refractivity contribution < 1.29 is 13.6 Å². The smallest absolute Gasteiger partial charge is 0.230 e. The minimum Gasteiger partial charge on any atom is -0.467 e. The van der Waals surface area contributed by atoms with Crippen molar-refractivity contribution in [1.82, 2.24) is 20.1 Å². The van der Waals surface area contributed by atoms with Crippen LogP contribution in [0.4, 0.5) is 10.3 Å². The maximum absolute atomic E-state index is 13.1. The Hall–Kier alpha value is -2.81. The van der Waals surface area contributed by atoms with Crippen LogP contribution in [-0.2, 0) is 11.3 Å². The van der Waals surface area contributed by atoms with Gasteiger partial charge in [-0.05, 0) is 49.6 Å². The predicted molar refractivity (Wildman–Crippen MR) is 113 cm³/mol. The van der Waals surface area contributed by atoms with Crippen LogP contribution in [0.1, 0.15) is 37.1 Å². The number of hydrogen-bond acceptors (Lipinski definition) is 6. The molecule has 3 aromatic rings. The van der Waals surface area contributed by atoms with E-state index < -0.39 is 0 Å². The van der Waals surface area contributed by atoms with E-state index in [-0.39, 0.29) is 23.5 Å². The first-order valence-corrected chi connectivity index (χ1v) is 11.0. The molecule has 1 saturated heterocycles. The minimum atomic E-state index is -0.294. The number of hydrogen-bond donors (Lipinski definition) is 1. The SMILES string of the molecule is CC(NC(=O)CSc1nnc(N2CCCC2)n1Cc1ccco1)c1ccc(F)cc1. The average Bonchev–Trinajstić information content (AvgIpc) is 3.50. The second-order valence-electron chi connectivity index (χ2n) is 7.27. The minimum absolute atomic E-state index is 0.118. The predicted octanol–water partition coefficient (Wildman–Crippen LogP) is 3.63. The molecule has 1 atom stereocenters. The summed E-state index contributed by atoms with van der Waals surface area (Å²) in [5, 5.41) is 12.3. The summed E-state index contributed by atoms with van der Waals surface area (Å²) in [4.78, 5) is 14.7. The number of halogens is 1. The number of furan rings is 1. The Morgan fingerprint density at radius 1 is 1.23 bits per heavy atom. The Bertz CT molecular complexity index is 968. The molecule has 7 nitrogen and oxygen atoms in total. The third-order valence-electron chi connectivity index (χ3n) is 5.06. The standard InChI is InChI=1S/C21H24FN5O2S/c1-15(16-6-8-17(22)9-7-16)23-19(28)14-30-21-25-24-20(26-10-2-3-11-26)27(21)13-18-5-4-12-29-18/h4-9,12,15H,2-3,10-11,13-14H2,1H3,(H,23,28). The first-order chi connectivity index (χ1) is 14.6. The summed E-state index contributed by atoms with van der Waals surface area (Å²) in [7, 11) is 0. The molecule has 1 N–H and O–H groups in total. The van der Waals surface area contributed by atoms with Gasteiger partial charge in [-0.1, -0.05) is 23.9 Å². The molecule has 4 rings (SSSR count). The second kappa shape index (κ2) is 9.34. The number of nitrogens with one attached hydrogen (secondary N) is 1. The Labute approximate surface area is 178 Å². The van der Waals surface area contributed by atoms with Gasteiger partial charge in [0, 0.05) is 13.1 Å². The second-order valence-corrected chi connectivity index (χ2v) is 8.21. The number of nitrogens with zero attached hydrogens (tertiary/aromatic N) is 4. The van der Waals surface area contributed by atoms with E-state index in [2.05, 4.69) is 20.4 Å². The van der Waals surface area contributed by atoms with Gasteiger partial charge in [0.2, 0.25) is 11.9 Å². The van der Waals surface area contributed by atoms with Crippen molar-refractivity contribution in [2.24, 2.45) is 0 Å². The Morgan fingerprint density at radius 2 is 2.00 bits per heavy atom. The number of amides is 1. The van der Waals surface area contributed by atoms with Gasteiger partial charge in [0.05, 0.1) is 24.6 Å². The number of benzene rings is 1. The van der Waals surface area contributed by atoms with Gasteiger partial charge in [0.1, 0.15) is 11.6 Å². The van der Waals surface area contributed by atoms with E-state index in [0.717, 1.165) is 43.2 Å². The lowest BCUT2D eigenvalue weighted by atomic mass is 10.1. The topological polar surface area (TPSA) is 76.2 Å². The maximum atomic E-state index is 13.1. The van der Waals surface area contributed by atoms with E-state index in [1.165, 1.54) is 23.9 Å². The zero-order chi connectivity index (χ0) is 20.9. The maximum Gasteiger partial charge on any atom is 0.230 e. The van der Waals surface area contributed by atoms with E-state index >= 15 is 0 Å². The molecule has 9 heteroatoms. The molecule has 0 spiro atoms. The van der Waals surface area contributed by atoms with E-state index in [1.807, 2.05) is 23.6 Å². The summed E-state index contributed by atoms with van der Waals surface area (Å²) in [6, 6.07) is 9.70. The molecule has 1 amide bonds. The molecular formula is C21H24FN5O2S. The summed E-state index contributed by atoms with van der Waals surface area (Å²) < 4.78 is 20.6. The van der Waals surface area contributed by atoms with Crippen LogP contribution in [0.2, 0.25) is 0 Å². The highest BCUT2D eigenvalue weighted by Gasteiger charge is 2.22. The average molecular weight is 430 g/mol. The van der Waals surface area contributed by atoms with Crippen LogP contribution in [-0.4, -0.2) is 39.5 Å². The summed E-state index contributed by atoms with van der Waals surface area (Å²) in [6.07, 6.45) is 3.92. The monoisotopic (exact) mass is 429 g/mol. The van der Waals surface area contributed by atoms with Gasteiger partial charge in [-0.2, -0.15) is 0 Å². The molecule has 158 valence electrons. The van der Waals surface area contributed by atoms with Crippen molar-refractivity contribution >= 4 is 23.6 Å². The molecule has 2 aromatic heterocycles. The van der Waals surface area contributed by atoms with Crippen LogP contribution in [0.15, 0.2) is 52.2 Å². The van der Waals surface area contributed by atoms with Gasteiger partial charge in [0.15, 0.2) is 5.16 Å².